The van der Waals surface area contributed by atoms with Gasteiger partial charge in [-0.2, -0.15) is 0 Å². The minimum Gasteiger partial charge on any atom is -0.494 e. The zero-order chi connectivity index (χ0) is 14.8. The van der Waals surface area contributed by atoms with Crippen LogP contribution in [0.1, 0.15) is 30.4 Å². The van der Waals surface area contributed by atoms with E-state index in [1.165, 1.54) is 11.1 Å². The van der Waals surface area contributed by atoms with E-state index < -0.39 is 0 Å². The summed E-state index contributed by atoms with van der Waals surface area (Å²) in [6, 6.07) is 6.06. The first kappa shape index (κ1) is 16.5. The van der Waals surface area contributed by atoms with E-state index in [0.717, 1.165) is 31.7 Å². The highest BCUT2D eigenvalue weighted by atomic mass is 16.5. The van der Waals surface area contributed by atoms with Crippen LogP contribution in [0.5, 0.6) is 5.75 Å². The lowest BCUT2D eigenvalue weighted by atomic mass is 10.1. The van der Waals surface area contributed by atoms with E-state index in [1.54, 1.807) is 0 Å². The van der Waals surface area contributed by atoms with Crippen molar-refractivity contribution in [3.05, 3.63) is 29.3 Å². The predicted octanol–water partition coefficient (Wildman–Crippen LogP) is 2.19. The van der Waals surface area contributed by atoms with Crippen LogP contribution in [0.25, 0.3) is 0 Å². The lowest BCUT2D eigenvalue weighted by Crippen LogP contribution is -2.26. The van der Waals surface area contributed by atoms with E-state index in [2.05, 4.69) is 30.5 Å². The van der Waals surface area contributed by atoms with Gasteiger partial charge in [-0.1, -0.05) is 6.07 Å². The van der Waals surface area contributed by atoms with Crippen molar-refractivity contribution in [3.8, 4) is 5.75 Å². The summed E-state index contributed by atoms with van der Waals surface area (Å²) in [5.41, 5.74) is 2.49. The van der Waals surface area contributed by atoms with E-state index in [9.17, 15) is 4.79 Å². The molecule has 0 aromatic heterocycles. The molecule has 4 nitrogen and oxygen atoms in total. The first-order valence-electron chi connectivity index (χ1n) is 7.25. The monoisotopic (exact) mass is 278 g/mol. The molecule has 0 aliphatic heterocycles. The third-order valence-electron chi connectivity index (χ3n) is 3.22. The summed E-state index contributed by atoms with van der Waals surface area (Å²) < 4.78 is 5.65. The predicted molar refractivity (Wildman–Crippen MR) is 82.2 cm³/mol. The molecule has 1 amide bonds. The van der Waals surface area contributed by atoms with Crippen molar-refractivity contribution in [3.63, 3.8) is 0 Å². The van der Waals surface area contributed by atoms with E-state index >= 15 is 0 Å². The minimum absolute atomic E-state index is 0.102. The molecule has 0 saturated heterocycles. The molecule has 0 unspecified atom stereocenters. The summed E-state index contributed by atoms with van der Waals surface area (Å²) >= 11 is 0. The molecule has 1 rings (SSSR count). The second kappa shape index (κ2) is 9.37. The van der Waals surface area contributed by atoms with Gasteiger partial charge in [0.15, 0.2) is 0 Å². The van der Waals surface area contributed by atoms with Gasteiger partial charge in [0.1, 0.15) is 5.75 Å². The molecular weight excluding hydrogens is 252 g/mol. The third-order valence-corrected chi connectivity index (χ3v) is 3.22. The zero-order valence-electron chi connectivity index (χ0n) is 12.8. The van der Waals surface area contributed by atoms with Crippen molar-refractivity contribution in [2.45, 2.75) is 33.1 Å². The Morgan fingerprint density at radius 1 is 1.15 bits per heavy atom. The van der Waals surface area contributed by atoms with Crippen LogP contribution in [0.3, 0.4) is 0 Å². The standard InChI is InChI=1S/C16H26N2O2/c1-13-7-8-15(12-14(13)2)20-11-4-6-16(19)18-10-5-9-17-3/h7-8,12,17H,4-6,9-11H2,1-3H3,(H,18,19). The quantitative estimate of drug-likeness (QED) is 0.681. The van der Waals surface area contributed by atoms with Crippen LogP contribution in [0.2, 0.25) is 0 Å². The molecule has 0 saturated carbocycles. The lowest BCUT2D eigenvalue weighted by molar-refractivity contribution is -0.121. The maximum absolute atomic E-state index is 11.5. The van der Waals surface area contributed by atoms with Crippen LogP contribution in [0.15, 0.2) is 18.2 Å². The number of carbonyl (C=O) groups excluding carboxylic acids is 1. The van der Waals surface area contributed by atoms with Crippen molar-refractivity contribution < 1.29 is 9.53 Å². The molecule has 0 aliphatic carbocycles. The number of benzene rings is 1. The van der Waals surface area contributed by atoms with E-state index in [-0.39, 0.29) is 5.91 Å². The largest absolute Gasteiger partial charge is 0.494 e. The van der Waals surface area contributed by atoms with Gasteiger partial charge in [0.25, 0.3) is 0 Å². The fraction of sp³-hybridized carbons (Fsp3) is 0.562. The SMILES string of the molecule is CNCCCNC(=O)CCCOc1ccc(C)c(C)c1. The summed E-state index contributed by atoms with van der Waals surface area (Å²) in [5, 5.41) is 5.95. The molecule has 0 aliphatic rings. The molecule has 1 aromatic carbocycles. The Morgan fingerprint density at radius 3 is 2.65 bits per heavy atom. The van der Waals surface area contributed by atoms with Gasteiger partial charge in [0.05, 0.1) is 6.61 Å². The summed E-state index contributed by atoms with van der Waals surface area (Å²) in [4.78, 5) is 11.5. The molecule has 0 spiro atoms. The zero-order valence-corrected chi connectivity index (χ0v) is 12.8. The second-order valence-corrected chi connectivity index (χ2v) is 5.01. The Balaban J connectivity index is 2.12. The number of amides is 1. The molecule has 112 valence electrons. The van der Waals surface area contributed by atoms with Crippen LogP contribution in [0.4, 0.5) is 0 Å². The first-order chi connectivity index (χ1) is 9.63. The van der Waals surface area contributed by atoms with Gasteiger partial charge in [0, 0.05) is 13.0 Å². The number of hydrogen-bond acceptors (Lipinski definition) is 3. The number of rotatable bonds is 9. The van der Waals surface area contributed by atoms with Gasteiger partial charge < -0.3 is 15.4 Å². The van der Waals surface area contributed by atoms with Crippen molar-refractivity contribution in [1.82, 2.24) is 10.6 Å². The average molecular weight is 278 g/mol. The third kappa shape index (κ3) is 6.57. The second-order valence-electron chi connectivity index (χ2n) is 5.01. The Hall–Kier alpha value is -1.55. The van der Waals surface area contributed by atoms with Crippen molar-refractivity contribution in [1.29, 1.82) is 0 Å². The fourth-order valence-corrected chi connectivity index (χ4v) is 1.81. The van der Waals surface area contributed by atoms with Crippen LogP contribution in [-0.4, -0.2) is 32.7 Å². The minimum atomic E-state index is 0.102. The Bertz CT molecular complexity index is 419. The molecule has 20 heavy (non-hydrogen) atoms. The lowest BCUT2D eigenvalue weighted by Gasteiger charge is -2.08. The van der Waals surface area contributed by atoms with Crippen molar-refractivity contribution >= 4 is 5.91 Å². The molecule has 1 aromatic rings. The Labute approximate surface area is 121 Å². The number of aryl methyl sites for hydroxylation is 2. The van der Waals surface area contributed by atoms with Crippen LogP contribution >= 0.6 is 0 Å². The van der Waals surface area contributed by atoms with Crippen molar-refractivity contribution in [2.24, 2.45) is 0 Å². The van der Waals surface area contributed by atoms with Gasteiger partial charge in [-0.25, -0.2) is 0 Å². The molecule has 0 radical (unpaired) electrons. The smallest absolute Gasteiger partial charge is 0.220 e. The van der Waals surface area contributed by atoms with Gasteiger partial charge in [-0.3, -0.25) is 4.79 Å². The maximum atomic E-state index is 11.5. The Kier molecular flexibility index (Phi) is 7.73. The summed E-state index contributed by atoms with van der Waals surface area (Å²) in [6.45, 7) is 6.39. The van der Waals surface area contributed by atoms with Gasteiger partial charge >= 0.3 is 0 Å². The van der Waals surface area contributed by atoms with Gasteiger partial charge in [-0.15, -0.1) is 0 Å². The number of nitrogens with one attached hydrogen (secondary N) is 2. The van der Waals surface area contributed by atoms with E-state index in [0.29, 0.717) is 13.0 Å². The number of ether oxygens (including phenoxy) is 1. The summed E-state index contributed by atoms with van der Waals surface area (Å²) in [6.07, 6.45) is 2.22. The molecule has 4 heteroatoms. The maximum Gasteiger partial charge on any atom is 0.220 e. The highest BCUT2D eigenvalue weighted by Gasteiger charge is 2.01. The average Bonchev–Trinajstić information content (AvgIpc) is 2.43. The van der Waals surface area contributed by atoms with E-state index in [1.807, 2.05) is 19.2 Å². The van der Waals surface area contributed by atoms with Gasteiger partial charge in [0.2, 0.25) is 5.91 Å². The van der Waals surface area contributed by atoms with Crippen molar-refractivity contribution in [2.75, 3.05) is 26.7 Å². The molecule has 0 fully saturated rings. The molecule has 0 heterocycles. The molecule has 0 bridgehead atoms. The first-order valence-corrected chi connectivity index (χ1v) is 7.25. The van der Waals surface area contributed by atoms with Gasteiger partial charge in [-0.05, 0) is 63.5 Å². The highest BCUT2D eigenvalue weighted by Crippen LogP contribution is 2.16. The number of carbonyl (C=O) groups is 1. The Morgan fingerprint density at radius 2 is 1.95 bits per heavy atom. The summed E-state index contributed by atoms with van der Waals surface area (Å²) in [7, 11) is 1.91. The van der Waals surface area contributed by atoms with Crippen LogP contribution in [-0.2, 0) is 4.79 Å². The summed E-state index contributed by atoms with van der Waals surface area (Å²) in [5.74, 6) is 0.979. The fourth-order valence-electron chi connectivity index (χ4n) is 1.81. The van der Waals surface area contributed by atoms with Crippen LogP contribution in [0, 0.1) is 13.8 Å². The molecule has 0 atom stereocenters. The van der Waals surface area contributed by atoms with E-state index in [4.69, 9.17) is 4.74 Å². The number of hydrogen-bond donors (Lipinski definition) is 2. The molecular formula is C16H26N2O2. The molecule has 2 N–H and O–H groups in total. The van der Waals surface area contributed by atoms with Crippen LogP contribution < -0.4 is 15.4 Å². The topological polar surface area (TPSA) is 50.4 Å². The highest BCUT2D eigenvalue weighted by molar-refractivity contribution is 5.75. The normalized spacial score (nSPS) is 10.3.